The van der Waals surface area contributed by atoms with Crippen LogP contribution in [0.25, 0.3) is 0 Å². The monoisotopic (exact) mass is 340 g/mol. The highest BCUT2D eigenvalue weighted by Gasteiger charge is 2.61. The first-order valence-corrected chi connectivity index (χ1v) is 11.3. The first-order chi connectivity index (χ1) is 11.7. The number of hydrogen-bond acceptors (Lipinski definition) is 0. The van der Waals surface area contributed by atoms with Crippen LogP contribution >= 0.6 is 0 Å². The van der Waals surface area contributed by atoms with E-state index < -0.39 is 0 Å². The highest BCUT2D eigenvalue weighted by Crippen LogP contribution is 2.69. The lowest BCUT2D eigenvalue weighted by atomic mass is 9.20. The molecule has 0 amide bonds. The summed E-state index contributed by atoms with van der Waals surface area (Å²) in [5, 5.41) is 0. The van der Waals surface area contributed by atoms with E-state index in [1.165, 1.54) is 32.0 Å². The third kappa shape index (κ3) is 2.46. The van der Waals surface area contributed by atoms with Crippen LogP contribution in [0.3, 0.4) is 0 Å². The first kappa shape index (κ1) is 18.2. The summed E-state index contributed by atoms with van der Waals surface area (Å²) in [7, 11) is 0. The Morgan fingerprint density at radius 3 is 1.56 bits per heavy atom. The van der Waals surface area contributed by atoms with Gasteiger partial charge < -0.3 is 0 Å². The molecule has 0 aliphatic heterocycles. The molecule has 4 bridgehead atoms. The second-order valence-electron chi connectivity index (χ2n) is 11.7. The Bertz CT molecular complexity index is 502. The van der Waals surface area contributed by atoms with Gasteiger partial charge in [0.05, 0.1) is 0 Å². The number of allylic oxidation sites excluding steroid dienone is 2. The Morgan fingerprint density at radius 2 is 1.24 bits per heavy atom. The van der Waals surface area contributed by atoms with Crippen molar-refractivity contribution in [2.24, 2.45) is 46.3 Å². The fourth-order valence-electron chi connectivity index (χ4n) is 8.47. The van der Waals surface area contributed by atoms with E-state index >= 15 is 0 Å². The third-order valence-corrected chi connectivity index (χ3v) is 10.6. The van der Waals surface area contributed by atoms with Crippen molar-refractivity contribution in [2.45, 2.75) is 92.1 Å². The van der Waals surface area contributed by atoms with Gasteiger partial charge >= 0.3 is 0 Å². The van der Waals surface area contributed by atoms with Gasteiger partial charge in [0.2, 0.25) is 0 Å². The Labute approximate surface area is 157 Å². The van der Waals surface area contributed by atoms with Crippen molar-refractivity contribution in [3.63, 3.8) is 0 Å². The van der Waals surface area contributed by atoms with Crippen molar-refractivity contribution in [3.8, 4) is 0 Å². The van der Waals surface area contributed by atoms with Crippen LogP contribution in [0.15, 0.2) is 12.2 Å². The van der Waals surface area contributed by atoms with Gasteiger partial charge in [-0.1, -0.05) is 84.5 Å². The molecule has 8 atom stereocenters. The summed E-state index contributed by atoms with van der Waals surface area (Å²) >= 11 is 0. The standard InChI is InChI=1S/C24H41B/c1-8-9-10-25(21-13-17-11-19(15(21)2)23(17,4)5)22-14-18-12-20(16(22)3)24(18,6)7/h8-9,15-22H,10-14H2,1-7H3/b9-8+/t15-,16-,17+,18+,19+,20+,21-,22-/m1/s1. The van der Waals surface area contributed by atoms with Gasteiger partial charge in [0.1, 0.15) is 0 Å². The van der Waals surface area contributed by atoms with E-state index in [1.54, 1.807) is 0 Å². The lowest BCUT2D eigenvalue weighted by Crippen LogP contribution is -2.59. The zero-order chi connectivity index (χ0) is 18.1. The topological polar surface area (TPSA) is 0 Å². The highest BCUT2D eigenvalue weighted by atomic mass is 14.6. The van der Waals surface area contributed by atoms with E-state index in [1.807, 2.05) is 0 Å². The summed E-state index contributed by atoms with van der Waals surface area (Å²) in [4.78, 5) is 0. The molecule has 6 aliphatic rings. The summed E-state index contributed by atoms with van der Waals surface area (Å²) in [5.74, 6) is 7.86. The minimum absolute atomic E-state index is 0.628. The Morgan fingerprint density at radius 1 is 0.800 bits per heavy atom. The molecule has 140 valence electrons. The SMILES string of the molecule is C/C=C/CB([C@@H]1C[C@@H]2C[C@@H]([C@H]1C)C2(C)C)[C@@H]1C[C@@H]2C[C@@H]([C@H]1C)C2(C)C. The molecule has 6 fully saturated rings. The van der Waals surface area contributed by atoms with E-state index in [-0.39, 0.29) is 0 Å². The smallest absolute Gasteiger partial charge is 0.0960 e. The van der Waals surface area contributed by atoms with E-state index in [9.17, 15) is 0 Å². The van der Waals surface area contributed by atoms with Crippen molar-refractivity contribution < 1.29 is 0 Å². The summed E-state index contributed by atoms with van der Waals surface area (Å²) in [6.45, 7) is 18.6. The number of rotatable bonds is 4. The van der Waals surface area contributed by atoms with Crippen LogP contribution in [0, 0.1) is 46.3 Å². The molecule has 0 nitrogen and oxygen atoms in total. The van der Waals surface area contributed by atoms with Crippen molar-refractivity contribution in [1.82, 2.24) is 0 Å². The van der Waals surface area contributed by atoms with Crippen LogP contribution < -0.4 is 0 Å². The van der Waals surface area contributed by atoms with Crippen LogP contribution in [-0.4, -0.2) is 6.71 Å². The van der Waals surface area contributed by atoms with Crippen LogP contribution in [0.1, 0.15) is 74.1 Å². The average Bonchev–Trinajstić information content (AvgIpc) is 2.56. The molecule has 0 aromatic rings. The van der Waals surface area contributed by atoms with Crippen molar-refractivity contribution in [1.29, 1.82) is 0 Å². The normalized spacial score (nSPS) is 49.4. The maximum Gasteiger partial charge on any atom is 0.150 e. The van der Waals surface area contributed by atoms with Gasteiger partial charge in [-0.2, -0.15) is 0 Å². The molecule has 0 heterocycles. The Balaban J connectivity index is 1.56. The molecular weight excluding hydrogens is 299 g/mol. The lowest BCUT2D eigenvalue weighted by Gasteiger charge is -2.66. The van der Waals surface area contributed by atoms with Gasteiger partial charge in [-0.05, 0) is 66.1 Å². The fourth-order valence-corrected chi connectivity index (χ4v) is 8.47. The average molecular weight is 340 g/mol. The molecule has 6 saturated carbocycles. The highest BCUT2D eigenvalue weighted by molar-refractivity contribution is 6.62. The molecule has 0 radical (unpaired) electrons. The van der Waals surface area contributed by atoms with Gasteiger partial charge in [0.15, 0.2) is 6.71 Å². The fraction of sp³-hybridized carbons (Fsp3) is 0.917. The molecule has 0 unspecified atom stereocenters. The van der Waals surface area contributed by atoms with Crippen molar-refractivity contribution in [3.05, 3.63) is 12.2 Å². The molecule has 6 rings (SSSR count). The van der Waals surface area contributed by atoms with Crippen LogP contribution in [-0.2, 0) is 0 Å². The summed E-state index contributed by atoms with van der Waals surface area (Å²) in [6, 6.07) is 0. The van der Waals surface area contributed by atoms with Crippen LogP contribution in [0.5, 0.6) is 0 Å². The number of hydrogen-bond donors (Lipinski definition) is 0. The predicted molar refractivity (Wildman–Crippen MR) is 111 cm³/mol. The van der Waals surface area contributed by atoms with Gasteiger partial charge in [0.25, 0.3) is 0 Å². The zero-order valence-electron chi connectivity index (χ0n) is 17.9. The van der Waals surface area contributed by atoms with Gasteiger partial charge in [-0.25, -0.2) is 0 Å². The van der Waals surface area contributed by atoms with E-state index in [2.05, 4.69) is 60.6 Å². The Hall–Kier alpha value is -0.195. The summed E-state index contributed by atoms with van der Waals surface area (Å²) in [6.07, 6.45) is 12.3. The third-order valence-electron chi connectivity index (χ3n) is 10.6. The second kappa shape index (κ2) is 5.90. The minimum atomic E-state index is 0.628. The molecule has 0 saturated heterocycles. The molecular formula is C24H41B. The molecule has 25 heavy (non-hydrogen) atoms. The molecule has 6 aliphatic carbocycles. The molecule has 0 aromatic carbocycles. The van der Waals surface area contributed by atoms with E-state index in [0.717, 1.165) is 53.9 Å². The maximum absolute atomic E-state index is 2.62. The molecule has 1 heteroatoms. The van der Waals surface area contributed by atoms with Crippen molar-refractivity contribution in [2.75, 3.05) is 0 Å². The lowest BCUT2D eigenvalue weighted by molar-refractivity contribution is -0.107. The van der Waals surface area contributed by atoms with E-state index in [0.29, 0.717) is 10.8 Å². The Kier molecular flexibility index (Phi) is 4.29. The second-order valence-corrected chi connectivity index (χ2v) is 11.7. The first-order valence-electron chi connectivity index (χ1n) is 11.3. The van der Waals surface area contributed by atoms with E-state index in [4.69, 9.17) is 0 Å². The molecule has 0 N–H and O–H groups in total. The summed E-state index contributed by atoms with van der Waals surface area (Å²) in [5.41, 5.74) is 1.26. The van der Waals surface area contributed by atoms with Crippen LogP contribution in [0.4, 0.5) is 0 Å². The van der Waals surface area contributed by atoms with Crippen molar-refractivity contribution >= 4 is 6.71 Å². The van der Waals surface area contributed by atoms with Gasteiger partial charge in [-0.3, -0.25) is 0 Å². The predicted octanol–water partition coefficient (Wildman–Crippen LogP) is 7.20. The largest absolute Gasteiger partial charge is 0.150 e. The summed E-state index contributed by atoms with van der Waals surface area (Å²) < 4.78 is 0. The zero-order valence-corrected chi connectivity index (χ0v) is 17.9. The maximum atomic E-state index is 2.62. The molecule has 0 aromatic heterocycles. The van der Waals surface area contributed by atoms with Gasteiger partial charge in [0, 0.05) is 0 Å². The minimum Gasteiger partial charge on any atom is -0.0960 e. The van der Waals surface area contributed by atoms with Gasteiger partial charge in [-0.15, -0.1) is 0 Å². The quantitative estimate of drug-likeness (QED) is 0.375. The molecule has 0 spiro atoms. The number of fused-ring (bicyclic) bond motifs is 4. The van der Waals surface area contributed by atoms with Crippen LogP contribution in [0.2, 0.25) is 18.0 Å².